The van der Waals surface area contributed by atoms with Gasteiger partial charge in [0.25, 0.3) is 17.7 Å². The van der Waals surface area contributed by atoms with Gasteiger partial charge in [-0.2, -0.15) is 0 Å². The van der Waals surface area contributed by atoms with Crippen molar-refractivity contribution >= 4 is 69.6 Å². The first-order valence-corrected chi connectivity index (χ1v) is 11.0. The van der Waals surface area contributed by atoms with Crippen molar-refractivity contribution < 1.29 is 19.1 Å². The van der Waals surface area contributed by atoms with Gasteiger partial charge in [0.15, 0.2) is 0 Å². The van der Waals surface area contributed by atoms with E-state index in [0.29, 0.717) is 27.7 Å². The molecular weight excluding hydrogens is 501 g/mol. The Morgan fingerprint density at radius 2 is 1.50 bits per heavy atom. The lowest BCUT2D eigenvalue weighted by atomic mass is 10.2. The number of rotatable bonds is 6. The van der Waals surface area contributed by atoms with Crippen LogP contribution in [0.15, 0.2) is 77.5 Å². The van der Waals surface area contributed by atoms with Gasteiger partial charge in [-0.15, -0.1) is 0 Å². The Labute approximate surface area is 209 Å². The lowest BCUT2D eigenvalue weighted by Gasteiger charge is -2.16. The SMILES string of the molecule is COc1ccc(NC(=O)c2ccc(NC3=C(Cl)C(=O)N(c4ccc(Cl)cc4Cl)C3=O)cc2)cc1. The summed E-state index contributed by atoms with van der Waals surface area (Å²) in [4.78, 5) is 38.9. The Hall–Kier alpha value is -3.52. The number of halogens is 3. The van der Waals surface area contributed by atoms with Crippen molar-refractivity contribution in [3.63, 3.8) is 0 Å². The molecule has 172 valence electrons. The molecule has 10 heteroatoms. The molecule has 0 bridgehead atoms. The Balaban J connectivity index is 1.47. The fourth-order valence-electron chi connectivity index (χ4n) is 3.22. The second-order valence-electron chi connectivity index (χ2n) is 7.12. The van der Waals surface area contributed by atoms with Crippen molar-refractivity contribution in [2.45, 2.75) is 0 Å². The number of carbonyl (C=O) groups is 3. The highest BCUT2D eigenvalue weighted by atomic mass is 35.5. The molecule has 0 radical (unpaired) electrons. The monoisotopic (exact) mass is 515 g/mol. The number of carbonyl (C=O) groups excluding carboxylic acids is 3. The number of ether oxygens (including phenoxy) is 1. The minimum atomic E-state index is -0.714. The highest BCUT2D eigenvalue weighted by Crippen LogP contribution is 2.35. The van der Waals surface area contributed by atoms with Crippen LogP contribution in [0.4, 0.5) is 17.1 Å². The quantitative estimate of drug-likeness (QED) is 0.411. The van der Waals surface area contributed by atoms with Gasteiger partial charge < -0.3 is 15.4 Å². The molecule has 4 rings (SSSR count). The van der Waals surface area contributed by atoms with E-state index < -0.39 is 11.8 Å². The molecule has 0 unspecified atom stereocenters. The molecule has 3 aromatic carbocycles. The van der Waals surface area contributed by atoms with Crippen molar-refractivity contribution in [3.05, 3.63) is 93.1 Å². The Kier molecular flexibility index (Phi) is 6.79. The second kappa shape index (κ2) is 9.77. The summed E-state index contributed by atoms with van der Waals surface area (Å²) in [6, 6.07) is 17.7. The number of anilines is 3. The predicted octanol–water partition coefficient (Wildman–Crippen LogP) is 5.69. The maximum atomic E-state index is 12.9. The van der Waals surface area contributed by atoms with Gasteiger partial charge in [0.05, 0.1) is 17.8 Å². The highest BCUT2D eigenvalue weighted by Gasteiger charge is 2.39. The minimum absolute atomic E-state index is 0.104. The van der Waals surface area contributed by atoms with Crippen LogP contribution in [0, 0.1) is 0 Å². The van der Waals surface area contributed by atoms with E-state index in [1.165, 1.54) is 18.2 Å². The van der Waals surface area contributed by atoms with Gasteiger partial charge in [0.1, 0.15) is 16.5 Å². The number of nitrogens with zero attached hydrogens (tertiary/aromatic N) is 1. The molecule has 0 atom stereocenters. The van der Waals surface area contributed by atoms with Gasteiger partial charge in [-0.1, -0.05) is 34.8 Å². The van der Waals surface area contributed by atoms with Crippen LogP contribution < -0.4 is 20.3 Å². The number of hydrogen-bond donors (Lipinski definition) is 2. The lowest BCUT2D eigenvalue weighted by Crippen LogP contribution is -2.32. The molecule has 1 aliphatic rings. The summed E-state index contributed by atoms with van der Waals surface area (Å²) in [5.41, 5.74) is 1.53. The highest BCUT2D eigenvalue weighted by molar-refractivity contribution is 6.54. The van der Waals surface area contributed by atoms with Crippen LogP contribution in [0.5, 0.6) is 5.75 Å². The first-order chi connectivity index (χ1) is 16.3. The van der Waals surface area contributed by atoms with Crippen LogP contribution >= 0.6 is 34.8 Å². The zero-order chi connectivity index (χ0) is 24.4. The topological polar surface area (TPSA) is 87.7 Å². The van der Waals surface area contributed by atoms with Gasteiger partial charge in [0.2, 0.25) is 0 Å². The first-order valence-electron chi connectivity index (χ1n) is 9.84. The molecule has 2 N–H and O–H groups in total. The summed E-state index contributed by atoms with van der Waals surface area (Å²) in [6.45, 7) is 0. The van der Waals surface area contributed by atoms with Crippen molar-refractivity contribution in [1.29, 1.82) is 0 Å². The fourth-order valence-corrected chi connectivity index (χ4v) is 3.93. The maximum absolute atomic E-state index is 12.9. The second-order valence-corrected chi connectivity index (χ2v) is 8.34. The van der Waals surface area contributed by atoms with Crippen LogP contribution in [0.2, 0.25) is 10.0 Å². The normalized spacial score (nSPS) is 13.4. The summed E-state index contributed by atoms with van der Waals surface area (Å²) >= 11 is 18.2. The van der Waals surface area contributed by atoms with Crippen molar-refractivity contribution in [1.82, 2.24) is 0 Å². The number of benzene rings is 3. The number of nitrogens with one attached hydrogen (secondary N) is 2. The molecule has 0 aromatic heterocycles. The van der Waals surface area contributed by atoms with E-state index >= 15 is 0 Å². The standard InChI is InChI=1S/C24H16Cl3N3O4/c1-34-17-9-7-16(8-10-17)29-22(31)13-2-5-15(6-3-13)28-21-20(27)23(32)30(24(21)33)19-11-4-14(25)12-18(19)26/h2-12,28H,1H3,(H,29,31). The predicted molar refractivity (Wildman–Crippen MR) is 133 cm³/mol. The number of methoxy groups -OCH3 is 1. The van der Waals surface area contributed by atoms with Gasteiger partial charge in [-0.25, -0.2) is 4.90 Å². The van der Waals surface area contributed by atoms with Gasteiger partial charge in [0, 0.05) is 22.0 Å². The minimum Gasteiger partial charge on any atom is -0.497 e. The molecule has 3 amide bonds. The summed E-state index contributed by atoms with van der Waals surface area (Å²) < 4.78 is 5.10. The number of hydrogen-bond acceptors (Lipinski definition) is 5. The average molecular weight is 517 g/mol. The zero-order valence-electron chi connectivity index (χ0n) is 17.6. The molecule has 34 heavy (non-hydrogen) atoms. The molecule has 1 aliphatic heterocycles. The van der Waals surface area contributed by atoms with Crippen LogP contribution in [0.1, 0.15) is 10.4 Å². The lowest BCUT2D eigenvalue weighted by molar-refractivity contribution is -0.120. The van der Waals surface area contributed by atoms with Gasteiger partial charge in [-0.05, 0) is 66.7 Å². The number of amides is 3. The van der Waals surface area contributed by atoms with Crippen molar-refractivity contribution in [2.24, 2.45) is 0 Å². The molecule has 0 saturated heterocycles. The van der Waals surface area contributed by atoms with Gasteiger partial charge in [-0.3, -0.25) is 14.4 Å². The molecule has 0 spiro atoms. The van der Waals surface area contributed by atoms with E-state index in [4.69, 9.17) is 39.5 Å². The molecule has 3 aromatic rings. The molecule has 0 aliphatic carbocycles. The average Bonchev–Trinajstić information content (AvgIpc) is 3.03. The summed E-state index contributed by atoms with van der Waals surface area (Å²) in [6.07, 6.45) is 0. The Morgan fingerprint density at radius 1 is 0.853 bits per heavy atom. The molecule has 0 fully saturated rings. The summed E-state index contributed by atoms with van der Waals surface area (Å²) in [5, 5.41) is 5.85. The van der Waals surface area contributed by atoms with Crippen molar-refractivity contribution in [2.75, 3.05) is 22.6 Å². The maximum Gasteiger partial charge on any atom is 0.283 e. The van der Waals surface area contributed by atoms with Crippen molar-refractivity contribution in [3.8, 4) is 5.75 Å². The molecule has 7 nitrogen and oxygen atoms in total. The van der Waals surface area contributed by atoms with Gasteiger partial charge >= 0.3 is 0 Å². The van der Waals surface area contributed by atoms with Crippen LogP contribution in [0.3, 0.4) is 0 Å². The third kappa shape index (κ3) is 4.72. The molecule has 1 heterocycles. The van der Waals surface area contributed by atoms with E-state index in [9.17, 15) is 14.4 Å². The smallest absolute Gasteiger partial charge is 0.283 e. The van der Waals surface area contributed by atoms with E-state index in [2.05, 4.69) is 10.6 Å². The zero-order valence-corrected chi connectivity index (χ0v) is 19.8. The fraction of sp³-hybridized carbons (Fsp3) is 0.0417. The van der Waals surface area contributed by atoms with E-state index in [0.717, 1.165) is 4.90 Å². The Bertz CT molecular complexity index is 1320. The number of imide groups is 1. The van der Waals surface area contributed by atoms with Crippen LogP contribution in [-0.2, 0) is 9.59 Å². The van der Waals surface area contributed by atoms with E-state index in [1.54, 1.807) is 55.6 Å². The molecular formula is C24H16Cl3N3O4. The largest absolute Gasteiger partial charge is 0.497 e. The third-order valence-electron chi connectivity index (χ3n) is 4.94. The Morgan fingerprint density at radius 3 is 2.12 bits per heavy atom. The first kappa shape index (κ1) is 23.6. The summed E-state index contributed by atoms with van der Waals surface area (Å²) in [5.74, 6) is -1.02. The summed E-state index contributed by atoms with van der Waals surface area (Å²) in [7, 11) is 1.56. The molecule has 0 saturated carbocycles. The third-order valence-corrected chi connectivity index (χ3v) is 5.83. The van der Waals surface area contributed by atoms with Crippen LogP contribution in [-0.4, -0.2) is 24.8 Å². The van der Waals surface area contributed by atoms with E-state index in [1.807, 2.05) is 0 Å². The van der Waals surface area contributed by atoms with E-state index in [-0.39, 0.29) is 27.3 Å². The van der Waals surface area contributed by atoms with Crippen LogP contribution in [0.25, 0.3) is 0 Å².